The molecule has 12 rings (SSSR count). The van der Waals surface area contributed by atoms with Crippen molar-refractivity contribution in [1.82, 2.24) is 19.9 Å². The van der Waals surface area contributed by atoms with Crippen molar-refractivity contribution in [3.63, 3.8) is 0 Å². The quantitative estimate of drug-likeness (QED) is 0.167. The van der Waals surface area contributed by atoms with Crippen LogP contribution < -0.4 is 0 Å². The standard InChI is InChI=1S/C52H32N4O2S/c1-3-12-31(13-4-1)33-24-26-42-45(30-33)58-52(53-42)36-25-27-46-41(29-36)38-20-10-19-37(48(38)59-46)34-16-9-17-35(28-34)50-54-49(32-14-5-2-6-15-32)55-51(56-50)40-21-11-23-44-47(40)39-18-7-8-22-43(39)57-44/h1-15,17-30,34H,16H2. The molecule has 11 aromatic rings. The number of benzene rings is 7. The van der Waals surface area contributed by atoms with Crippen LogP contribution in [0.15, 0.2) is 185 Å². The molecule has 0 amide bonds. The Morgan fingerprint density at radius 2 is 1.25 bits per heavy atom. The Bertz CT molecular complexity index is 3490. The maximum atomic E-state index is 6.39. The lowest BCUT2D eigenvalue weighted by atomic mass is 9.88. The van der Waals surface area contributed by atoms with Crippen molar-refractivity contribution >= 4 is 70.1 Å². The van der Waals surface area contributed by atoms with Crippen molar-refractivity contribution < 1.29 is 8.83 Å². The van der Waals surface area contributed by atoms with E-state index in [1.807, 2.05) is 84.1 Å². The number of hydrogen-bond acceptors (Lipinski definition) is 7. The summed E-state index contributed by atoms with van der Waals surface area (Å²) < 4.78 is 15.2. The van der Waals surface area contributed by atoms with Crippen molar-refractivity contribution in [1.29, 1.82) is 0 Å². The molecular weight excluding hydrogens is 745 g/mol. The zero-order chi connectivity index (χ0) is 38.9. The van der Waals surface area contributed by atoms with Gasteiger partial charge < -0.3 is 8.83 Å². The highest BCUT2D eigenvalue weighted by atomic mass is 32.1. The molecule has 0 saturated carbocycles. The number of nitrogens with zero attached hydrogens (tertiary/aromatic N) is 4. The Balaban J connectivity index is 0.939. The van der Waals surface area contributed by atoms with Crippen molar-refractivity contribution in [3.8, 4) is 45.4 Å². The van der Waals surface area contributed by atoms with E-state index in [1.165, 1.54) is 25.7 Å². The molecule has 0 radical (unpaired) electrons. The predicted octanol–water partition coefficient (Wildman–Crippen LogP) is 14.1. The topological polar surface area (TPSA) is 77.8 Å². The van der Waals surface area contributed by atoms with Gasteiger partial charge in [-0.2, -0.15) is 0 Å². The van der Waals surface area contributed by atoms with Gasteiger partial charge >= 0.3 is 0 Å². The molecule has 1 aliphatic rings. The molecule has 7 heteroatoms. The average Bonchev–Trinajstić information content (AvgIpc) is 4.02. The third-order valence-corrected chi connectivity index (χ3v) is 12.5. The first-order valence-corrected chi connectivity index (χ1v) is 20.5. The third-order valence-electron chi connectivity index (χ3n) is 11.3. The largest absolute Gasteiger partial charge is 0.456 e. The van der Waals surface area contributed by atoms with Gasteiger partial charge in [-0.25, -0.2) is 19.9 Å². The van der Waals surface area contributed by atoms with Gasteiger partial charge in [-0.1, -0.05) is 133 Å². The van der Waals surface area contributed by atoms with Crippen LogP contribution in [-0.2, 0) is 0 Å². The van der Waals surface area contributed by atoms with E-state index >= 15 is 0 Å². The number of allylic oxidation sites excluding steroid dienone is 4. The third kappa shape index (κ3) is 5.77. The van der Waals surface area contributed by atoms with Gasteiger partial charge in [0.15, 0.2) is 23.1 Å². The van der Waals surface area contributed by atoms with Crippen LogP contribution >= 0.6 is 11.3 Å². The summed E-state index contributed by atoms with van der Waals surface area (Å²) in [6, 6.07) is 54.1. The molecule has 1 atom stereocenters. The minimum atomic E-state index is 0.128. The summed E-state index contributed by atoms with van der Waals surface area (Å²) in [6.07, 6.45) is 7.60. The highest BCUT2D eigenvalue weighted by molar-refractivity contribution is 7.26. The molecule has 0 aliphatic heterocycles. The molecular formula is C52H32N4O2S. The summed E-state index contributed by atoms with van der Waals surface area (Å²) in [7, 11) is 0. The van der Waals surface area contributed by atoms with Gasteiger partial charge in [0, 0.05) is 59.1 Å². The number of para-hydroxylation sites is 1. The Labute approximate surface area is 342 Å². The SMILES string of the molecule is C1=CC(c2nc(-c3ccccc3)nc(-c3cccc4oc5ccccc5c34)n2)=CC(c2cccc3c2sc2ccc(-c4nc5ccc(-c6ccccc6)cc5o4)cc23)C1. The summed E-state index contributed by atoms with van der Waals surface area (Å²) in [5, 5.41) is 4.46. The molecule has 4 heterocycles. The minimum Gasteiger partial charge on any atom is -0.456 e. The molecule has 4 aromatic heterocycles. The zero-order valence-electron chi connectivity index (χ0n) is 31.5. The minimum absolute atomic E-state index is 0.128. The van der Waals surface area contributed by atoms with E-state index in [4.69, 9.17) is 28.8 Å². The smallest absolute Gasteiger partial charge is 0.227 e. The van der Waals surface area contributed by atoms with Gasteiger partial charge in [0.05, 0.1) is 0 Å². The van der Waals surface area contributed by atoms with Crippen LogP contribution in [0.2, 0.25) is 0 Å². The number of oxazole rings is 1. The number of aromatic nitrogens is 4. The summed E-state index contributed by atoms with van der Waals surface area (Å²) >= 11 is 1.84. The van der Waals surface area contributed by atoms with Gasteiger partial charge in [-0.05, 0) is 65.6 Å². The lowest BCUT2D eigenvalue weighted by Crippen LogP contribution is -2.05. The maximum absolute atomic E-state index is 6.39. The Morgan fingerprint density at radius 1 is 0.508 bits per heavy atom. The second-order valence-corrected chi connectivity index (χ2v) is 16.0. The Morgan fingerprint density at radius 3 is 2.15 bits per heavy atom. The number of hydrogen-bond donors (Lipinski definition) is 0. The van der Waals surface area contributed by atoms with Crippen LogP contribution in [0.1, 0.15) is 23.7 Å². The number of furan rings is 1. The van der Waals surface area contributed by atoms with Crippen LogP contribution in [0.25, 0.3) is 104 Å². The van der Waals surface area contributed by atoms with E-state index in [0.717, 1.165) is 72.8 Å². The van der Waals surface area contributed by atoms with Crippen molar-refractivity contribution in [3.05, 3.63) is 187 Å². The zero-order valence-corrected chi connectivity index (χ0v) is 32.4. The Hall–Kier alpha value is -7.48. The van der Waals surface area contributed by atoms with Crippen molar-refractivity contribution in [2.45, 2.75) is 12.3 Å². The van der Waals surface area contributed by atoms with Gasteiger partial charge in [0.2, 0.25) is 5.89 Å². The summed E-state index contributed by atoms with van der Waals surface area (Å²) in [6.45, 7) is 0. The van der Waals surface area contributed by atoms with E-state index in [1.54, 1.807) is 0 Å². The average molecular weight is 777 g/mol. The first-order chi connectivity index (χ1) is 29.2. The van der Waals surface area contributed by atoms with Gasteiger partial charge in [0.25, 0.3) is 0 Å². The second-order valence-electron chi connectivity index (χ2n) is 14.9. The summed E-state index contributed by atoms with van der Waals surface area (Å²) in [5.74, 6) is 2.63. The molecule has 278 valence electrons. The first-order valence-electron chi connectivity index (χ1n) is 19.7. The Kier molecular flexibility index (Phi) is 7.74. The number of thiophene rings is 1. The molecule has 59 heavy (non-hydrogen) atoms. The molecule has 0 fully saturated rings. The van der Waals surface area contributed by atoms with Crippen LogP contribution in [-0.4, -0.2) is 19.9 Å². The maximum Gasteiger partial charge on any atom is 0.227 e. The molecule has 0 bridgehead atoms. The van der Waals surface area contributed by atoms with E-state index in [0.29, 0.717) is 23.4 Å². The number of rotatable bonds is 6. The molecule has 6 nitrogen and oxygen atoms in total. The van der Waals surface area contributed by atoms with Gasteiger partial charge in [-0.15, -0.1) is 11.3 Å². The van der Waals surface area contributed by atoms with Crippen molar-refractivity contribution in [2.24, 2.45) is 0 Å². The fourth-order valence-corrected chi connectivity index (χ4v) is 9.71. The monoisotopic (exact) mass is 776 g/mol. The van der Waals surface area contributed by atoms with E-state index in [2.05, 4.69) is 103 Å². The van der Waals surface area contributed by atoms with E-state index < -0.39 is 0 Å². The molecule has 1 unspecified atom stereocenters. The first kappa shape index (κ1) is 33.6. The normalized spacial score (nSPS) is 14.2. The van der Waals surface area contributed by atoms with Gasteiger partial charge in [-0.3, -0.25) is 0 Å². The van der Waals surface area contributed by atoms with Crippen LogP contribution in [0.4, 0.5) is 0 Å². The van der Waals surface area contributed by atoms with Crippen LogP contribution in [0.5, 0.6) is 0 Å². The lowest BCUT2D eigenvalue weighted by molar-refractivity contribution is 0.620. The van der Waals surface area contributed by atoms with Crippen LogP contribution in [0, 0.1) is 0 Å². The highest BCUT2D eigenvalue weighted by Gasteiger charge is 2.22. The van der Waals surface area contributed by atoms with Crippen LogP contribution in [0.3, 0.4) is 0 Å². The summed E-state index contributed by atoms with van der Waals surface area (Å²) in [5.41, 5.74) is 10.6. The van der Waals surface area contributed by atoms with E-state index in [-0.39, 0.29) is 5.92 Å². The molecule has 7 aromatic carbocycles. The number of fused-ring (bicyclic) bond motifs is 7. The molecule has 0 saturated heterocycles. The fraction of sp³-hybridized carbons (Fsp3) is 0.0385. The second kappa shape index (κ2) is 13.6. The summed E-state index contributed by atoms with van der Waals surface area (Å²) in [4.78, 5) is 20.3. The predicted molar refractivity (Wildman–Crippen MR) is 240 cm³/mol. The van der Waals surface area contributed by atoms with E-state index in [9.17, 15) is 0 Å². The molecule has 1 aliphatic carbocycles. The highest BCUT2D eigenvalue weighted by Crippen LogP contribution is 2.43. The molecule has 0 N–H and O–H groups in total. The fourth-order valence-electron chi connectivity index (χ4n) is 8.45. The lowest BCUT2D eigenvalue weighted by Gasteiger charge is -2.18. The molecule has 0 spiro atoms. The van der Waals surface area contributed by atoms with Gasteiger partial charge in [0.1, 0.15) is 16.7 Å². The van der Waals surface area contributed by atoms with Crippen molar-refractivity contribution in [2.75, 3.05) is 0 Å².